The van der Waals surface area contributed by atoms with Gasteiger partial charge in [0, 0.05) is 30.9 Å². The summed E-state index contributed by atoms with van der Waals surface area (Å²) in [6.07, 6.45) is 6.39. The minimum absolute atomic E-state index is 0.637. The van der Waals surface area contributed by atoms with Gasteiger partial charge in [0.15, 0.2) is 0 Å². The molecule has 0 saturated heterocycles. The van der Waals surface area contributed by atoms with Crippen LogP contribution in [0.3, 0.4) is 0 Å². The third kappa shape index (κ3) is 2.82. The van der Waals surface area contributed by atoms with Crippen molar-refractivity contribution in [2.45, 2.75) is 32.4 Å². The molecule has 0 spiro atoms. The summed E-state index contributed by atoms with van der Waals surface area (Å²) >= 11 is 0. The van der Waals surface area contributed by atoms with Crippen LogP contribution in [0.2, 0.25) is 0 Å². The van der Waals surface area contributed by atoms with Crippen LogP contribution in [0.4, 0.5) is 5.82 Å². The number of nitrogens with zero attached hydrogens (tertiary/aromatic N) is 3. The highest BCUT2D eigenvalue weighted by atomic mass is 15.2. The van der Waals surface area contributed by atoms with Crippen molar-refractivity contribution in [3.63, 3.8) is 0 Å². The second-order valence-corrected chi connectivity index (χ2v) is 4.47. The lowest BCUT2D eigenvalue weighted by atomic mass is 10.2. The van der Waals surface area contributed by atoms with E-state index in [9.17, 15) is 0 Å². The summed E-state index contributed by atoms with van der Waals surface area (Å²) in [6, 6.07) is 0.637. The van der Waals surface area contributed by atoms with Gasteiger partial charge in [-0.1, -0.05) is 6.08 Å². The van der Waals surface area contributed by atoms with Gasteiger partial charge >= 0.3 is 0 Å². The van der Waals surface area contributed by atoms with Gasteiger partial charge < -0.3 is 10.2 Å². The second kappa shape index (κ2) is 5.27. The van der Waals surface area contributed by atoms with Crippen LogP contribution < -0.4 is 10.2 Å². The SMILES string of the molecule is C=CCN(c1nc(C)ncc1CNC)C1CC1. The summed E-state index contributed by atoms with van der Waals surface area (Å²) in [4.78, 5) is 11.2. The smallest absolute Gasteiger partial charge is 0.137 e. The Hall–Kier alpha value is -1.42. The van der Waals surface area contributed by atoms with Gasteiger partial charge in [0.25, 0.3) is 0 Å². The van der Waals surface area contributed by atoms with Gasteiger partial charge in [0.05, 0.1) is 0 Å². The number of aryl methyl sites for hydroxylation is 1. The Balaban J connectivity index is 2.31. The highest BCUT2D eigenvalue weighted by molar-refractivity contribution is 5.49. The van der Waals surface area contributed by atoms with Crippen molar-refractivity contribution in [3.05, 3.63) is 30.2 Å². The number of aromatic nitrogens is 2. The van der Waals surface area contributed by atoms with Gasteiger partial charge in [-0.2, -0.15) is 0 Å². The molecule has 0 atom stereocenters. The number of nitrogens with one attached hydrogen (secondary N) is 1. The summed E-state index contributed by atoms with van der Waals surface area (Å²) in [5.74, 6) is 1.89. The first-order chi connectivity index (χ1) is 8.26. The maximum absolute atomic E-state index is 4.60. The molecule has 1 saturated carbocycles. The Bertz CT molecular complexity index is 398. The topological polar surface area (TPSA) is 41.1 Å². The van der Waals surface area contributed by atoms with Crippen molar-refractivity contribution in [1.29, 1.82) is 0 Å². The fourth-order valence-electron chi connectivity index (χ4n) is 1.98. The van der Waals surface area contributed by atoms with Gasteiger partial charge in [-0.15, -0.1) is 6.58 Å². The molecule has 1 aliphatic carbocycles. The number of hydrogen-bond acceptors (Lipinski definition) is 4. The van der Waals surface area contributed by atoms with Crippen LogP contribution in [0.1, 0.15) is 24.2 Å². The zero-order valence-electron chi connectivity index (χ0n) is 10.6. The van der Waals surface area contributed by atoms with Gasteiger partial charge in [-0.25, -0.2) is 9.97 Å². The third-order valence-electron chi connectivity index (χ3n) is 2.91. The van der Waals surface area contributed by atoms with Gasteiger partial charge in [-0.3, -0.25) is 0 Å². The van der Waals surface area contributed by atoms with Gasteiger partial charge in [0.1, 0.15) is 11.6 Å². The Kier molecular flexibility index (Phi) is 3.74. The number of hydrogen-bond donors (Lipinski definition) is 1. The van der Waals surface area contributed by atoms with E-state index in [2.05, 4.69) is 26.8 Å². The first-order valence-corrected chi connectivity index (χ1v) is 6.11. The zero-order valence-corrected chi connectivity index (χ0v) is 10.6. The molecule has 0 radical (unpaired) electrons. The van der Waals surface area contributed by atoms with Crippen molar-refractivity contribution in [2.75, 3.05) is 18.5 Å². The molecule has 1 fully saturated rings. The van der Waals surface area contributed by atoms with E-state index in [1.54, 1.807) is 0 Å². The van der Waals surface area contributed by atoms with Gasteiger partial charge in [0.2, 0.25) is 0 Å². The van der Waals surface area contributed by atoms with Crippen LogP contribution in [-0.2, 0) is 6.54 Å². The molecule has 1 heterocycles. The minimum atomic E-state index is 0.637. The summed E-state index contributed by atoms with van der Waals surface area (Å²) in [6.45, 7) is 7.43. The van der Waals surface area contributed by atoms with Crippen molar-refractivity contribution in [3.8, 4) is 0 Å². The maximum Gasteiger partial charge on any atom is 0.137 e. The van der Waals surface area contributed by atoms with Gasteiger partial charge in [-0.05, 0) is 26.8 Å². The highest BCUT2D eigenvalue weighted by Gasteiger charge is 2.30. The Morgan fingerprint density at radius 2 is 2.35 bits per heavy atom. The predicted octanol–water partition coefficient (Wildman–Crippen LogP) is 1.66. The fraction of sp³-hybridized carbons (Fsp3) is 0.538. The summed E-state index contributed by atoms with van der Waals surface area (Å²) in [5.41, 5.74) is 1.16. The first kappa shape index (κ1) is 12.0. The molecule has 1 aliphatic rings. The molecule has 0 unspecified atom stereocenters. The van der Waals surface area contributed by atoms with E-state index < -0.39 is 0 Å². The normalized spacial score (nSPS) is 14.7. The molecule has 1 N–H and O–H groups in total. The lowest BCUT2D eigenvalue weighted by Crippen LogP contribution is -2.29. The monoisotopic (exact) mass is 232 g/mol. The molecule has 4 heteroatoms. The Morgan fingerprint density at radius 3 is 2.94 bits per heavy atom. The predicted molar refractivity (Wildman–Crippen MR) is 70.1 cm³/mol. The Labute approximate surface area is 103 Å². The maximum atomic E-state index is 4.60. The van der Waals surface area contributed by atoms with E-state index in [-0.39, 0.29) is 0 Å². The largest absolute Gasteiger partial charge is 0.350 e. The molecular formula is C13H20N4. The molecule has 4 nitrogen and oxygen atoms in total. The summed E-state index contributed by atoms with van der Waals surface area (Å²) < 4.78 is 0. The molecule has 0 aromatic carbocycles. The lowest BCUT2D eigenvalue weighted by molar-refractivity contribution is 0.767. The van der Waals surface area contributed by atoms with Crippen molar-refractivity contribution >= 4 is 5.82 Å². The molecule has 1 aromatic rings. The van der Waals surface area contributed by atoms with Crippen LogP contribution in [-0.4, -0.2) is 29.6 Å². The number of rotatable bonds is 6. The lowest BCUT2D eigenvalue weighted by Gasteiger charge is -2.24. The highest BCUT2D eigenvalue weighted by Crippen LogP contribution is 2.32. The zero-order chi connectivity index (χ0) is 12.3. The summed E-state index contributed by atoms with van der Waals surface area (Å²) in [7, 11) is 1.94. The first-order valence-electron chi connectivity index (χ1n) is 6.11. The van der Waals surface area contributed by atoms with E-state index in [0.29, 0.717) is 6.04 Å². The molecule has 92 valence electrons. The van der Waals surface area contributed by atoms with E-state index in [4.69, 9.17) is 0 Å². The molecule has 0 amide bonds. The van der Waals surface area contributed by atoms with Crippen LogP contribution in [0.5, 0.6) is 0 Å². The summed E-state index contributed by atoms with van der Waals surface area (Å²) in [5, 5.41) is 3.17. The average molecular weight is 232 g/mol. The molecule has 1 aromatic heterocycles. The molecule has 2 rings (SSSR count). The quantitative estimate of drug-likeness (QED) is 0.757. The van der Waals surface area contributed by atoms with E-state index in [1.165, 1.54) is 12.8 Å². The van der Waals surface area contributed by atoms with Crippen LogP contribution in [0.15, 0.2) is 18.9 Å². The van der Waals surface area contributed by atoms with Crippen molar-refractivity contribution in [1.82, 2.24) is 15.3 Å². The number of anilines is 1. The molecule has 0 bridgehead atoms. The Morgan fingerprint density at radius 1 is 1.59 bits per heavy atom. The van der Waals surface area contributed by atoms with Crippen molar-refractivity contribution in [2.24, 2.45) is 0 Å². The molecule has 17 heavy (non-hydrogen) atoms. The van der Waals surface area contributed by atoms with E-state index in [1.807, 2.05) is 26.2 Å². The van der Waals surface area contributed by atoms with E-state index in [0.717, 1.165) is 30.3 Å². The average Bonchev–Trinajstić information content (AvgIpc) is 3.13. The second-order valence-electron chi connectivity index (χ2n) is 4.47. The standard InChI is InChI=1S/C13H20N4/c1-4-7-17(12-5-6-12)13-11(8-14-3)9-15-10(2)16-13/h4,9,12,14H,1,5-8H2,2-3H3. The molecular weight excluding hydrogens is 212 g/mol. The van der Waals surface area contributed by atoms with Crippen molar-refractivity contribution < 1.29 is 0 Å². The fourth-order valence-corrected chi connectivity index (χ4v) is 1.98. The minimum Gasteiger partial charge on any atom is -0.350 e. The van der Waals surface area contributed by atoms with Crippen LogP contribution >= 0.6 is 0 Å². The van der Waals surface area contributed by atoms with E-state index >= 15 is 0 Å². The van der Waals surface area contributed by atoms with Crippen LogP contribution in [0, 0.1) is 6.92 Å². The van der Waals surface area contributed by atoms with Crippen LogP contribution in [0.25, 0.3) is 0 Å². The third-order valence-corrected chi connectivity index (χ3v) is 2.91. The molecule has 0 aliphatic heterocycles.